The number of fused-ring (bicyclic) bond motifs is 1. The Bertz CT molecular complexity index is 829. The molecule has 3 rings (SSSR count). The van der Waals surface area contributed by atoms with Crippen molar-refractivity contribution in [1.82, 2.24) is 0 Å². The molecule has 0 unspecified atom stereocenters. The van der Waals surface area contributed by atoms with Crippen LogP contribution in [0.3, 0.4) is 0 Å². The van der Waals surface area contributed by atoms with E-state index in [0.717, 1.165) is 24.0 Å². The van der Waals surface area contributed by atoms with Crippen LogP contribution in [0, 0.1) is 17.3 Å². The highest BCUT2D eigenvalue weighted by Crippen LogP contribution is 2.56. The number of rotatable bonds is 4. The van der Waals surface area contributed by atoms with E-state index in [1.165, 1.54) is 24.0 Å². The fourth-order valence-corrected chi connectivity index (χ4v) is 5.51. The maximum Gasteiger partial charge on any atom is 0.0844 e. The monoisotopic (exact) mass is 410 g/mol. The van der Waals surface area contributed by atoms with Crippen LogP contribution in [0.2, 0.25) is 0 Å². The third-order valence-electron chi connectivity index (χ3n) is 7.15. The van der Waals surface area contributed by atoms with Gasteiger partial charge in [-0.2, -0.15) is 0 Å². The molecule has 0 spiro atoms. The minimum absolute atomic E-state index is 0.150. The van der Waals surface area contributed by atoms with Gasteiger partial charge in [0.2, 0.25) is 0 Å². The van der Waals surface area contributed by atoms with Gasteiger partial charge in [0.15, 0.2) is 0 Å². The van der Waals surface area contributed by atoms with Crippen LogP contribution in [0.15, 0.2) is 65.0 Å². The quantitative estimate of drug-likeness (QED) is 0.443. The zero-order valence-corrected chi connectivity index (χ0v) is 19.0. The summed E-state index contributed by atoms with van der Waals surface area (Å²) in [4.78, 5) is 0. The minimum atomic E-state index is -0.842. The molecule has 0 aromatic rings. The highest BCUT2D eigenvalue weighted by Gasteiger charge is 2.45. The Balaban J connectivity index is 1.80. The summed E-state index contributed by atoms with van der Waals surface area (Å²) < 4.78 is 0. The van der Waals surface area contributed by atoms with Crippen molar-refractivity contribution in [2.24, 2.45) is 17.3 Å². The van der Waals surface area contributed by atoms with E-state index in [2.05, 4.69) is 50.5 Å². The van der Waals surface area contributed by atoms with Gasteiger partial charge in [0.1, 0.15) is 0 Å². The Labute approximate surface area is 181 Å². The molecule has 2 saturated carbocycles. The van der Waals surface area contributed by atoms with Gasteiger partial charge >= 0.3 is 0 Å². The number of aliphatic hydroxyl groups is 3. The van der Waals surface area contributed by atoms with Gasteiger partial charge in [-0.1, -0.05) is 49.8 Å². The Morgan fingerprint density at radius 1 is 1.30 bits per heavy atom. The van der Waals surface area contributed by atoms with Crippen molar-refractivity contribution >= 4 is 0 Å². The smallest absolute Gasteiger partial charge is 0.0844 e. The minimum Gasteiger partial charge on any atom is -0.393 e. The molecule has 30 heavy (non-hydrogen) atoms. The van der Waals surface area contributed by atoms with Gasteiger partial charge in [0.05, 0.1) is 17.8 Å². The van der Waals surface area contributed by atoms with Crippen LogP contribution in [0.5, 0.6) is 0 Å². The van der Waals surface area contributed by atoms with E-state index in [1.54, 1.807) is 19.9 Å². The lowest BCUT2D eigenvalue weighted by molar-refractivity contribution is 0.0862. The van der Waals surface area contributed by atoms with Crippen molar-refractivity contribution in [1.29, 1.82) is 0 Å². The Morgan fingerprint density at radius 3 is 2.73 bits per heavy atom. The van der Waals surface area contributed by atoms with E-state index in [9.17, 15) is 15.3 Å². The molecule has 5 atom stereocenters. The number of allylic oxidation sites excluding steroid dienone is 5. The molecule has 0 heterocycles. The van der Waals surface area contributed by atoms with Crippen LogP contribution < -0.4 is 0 Å². The number of hydrogen-bond donors (Lipinski definition) is 3. The lowest BCUT2D eigenvalue weighted by Crippen LogP contribution is -2.32. The van der Waals surface area contributed by atoms with E-state index in [1.807, 2.05) is 0 Å². The Morgan fingerprint density at radius 2 is 2.03 bits per heavy atom. The fourth-order valence-electron chi connectivity index (χ4n) is 5.51. The molecule has 0 aromatic heterocycles. The van der Waals surface area contributed by atoms with E-state index in [-0.39, 0.29) is 5.41 Å². The molecule has 2 fully saturated rings. The van der Waals surface area contributed by atoms with Crippen molar-refractivity contribution in [3.8, 4) is 0 Å². The van der Waals surface area contributed by atoms with Crippen LogP contribution >= 0.6 is 0 Å². The summed E-state index contributed by atoms with van der Waals surface area (Å²) in [5.41, 5.74) is 7.16. The molecule has 0 radical (unpaired) electrons. The van der Waals surface area contributed by atoms with Crippen LogP contribution in [-0.4, -0.2) is 33.1 Å². The first-order valence-electron chi connectivity index (χ1n) is 11.3. The normalized spacial score (nSPS) is 35.6. The molecule has 0 aromatic carbocycles. The third kappa shape index (κ3) is 4.98. The summed E-state index contributed by atoms with van der Waals surface area (Å²) in [6.07, 6.45) is 14.9. The molecule has 0 aliphatic heterocycles. The summed E-state index contributed by atoms with van der Waals surface area (Å²) >= 11 is 0. The average molecular weight is 411 g/mol. The van der Waals surface area contributed by atoms with Crippen molar-refractivity contribution in [3.05, 3.63) is 65.0 Å². The van der Waals surface area contributed by atoms with Crippen LogP contribution in [0.25, 0.3) is 0 Å². The summed E-state index contributed by atoms with van der Waals surface area (Å²) in [7, 11) is 0. The lowest BCUT2D eigenvalue weighted by atomic mass is 9.62. The molecule has 164 valence electrons. The SMILES string of the molecule is C=C1/C(=C\C=C2/CCC[C@]3(C)C([C@H](C)C=C=CC(C)(C)O)=CC[C@@H]23)C[C@H](O)C[C@H]1O. The standard InChI is InChI=1S/C27H38O3/c1-18(8-6-14-26(3,4)30)23-12-13-24-20(9-7-15-27(23,24)5)10-11-21-16-22(28)17-25(29)19(21)2/h8,10-12,14,18,22,24-25,28-30H,2,7,9,13,15-17H2,1,3-5H3/b20-10+,21-11-/t6?,18-,22+,24+,25-,27-/m1/s1. The first-order chi connectivity index (χ1) is 14.0. The van der Waals surface area contributed by atoms with E-state index >= 15 is 0 Å². The number of hydrogen-bond acceptors (Lipinski definition) is 3. The summed E-state index contributed by atoms with van der Waals surface area (Å²) in [5.74, 6) is 0.790. The second kappa shape index (κ2) is 8.85. The molecule has 3 aliphatic rings. The lowest BCUT2D eigenvalue weighted by Gasteiger charge is -2.42. The molecule has 3 heteroatoms. The Kier molecular flexibility index (Phi) is 6.79. The van der Waals surface area contributed by atoms with Crippen LogP contribution in [0.1, 0.15) is 66.2 Å². The third-order valence-corrected chi connectivity index (χ3v) is 7.15. The van der Waals surface area contributed by atoms with Crippen molar-refractivity contribution in [3.63, 3.8) is 0 Å². The zero-order chi connectivity index (χ0) is 22.1. The highest BCUT2D eigenvalue weighted by atomic mass is 16.3. The van der Waals surface area contributed by atoms with Crippen molar-refractivity contribution < 1.29 is 15.3 Å². The maximum absolute atomic E-state index is 10.1. The number of aliphatic hydroxyl groups excluding tert-OH is 2. The van der Waals surface area contributed by atoms with Gasteiger partial charge in [0, 0.05) is 12.3 Å². The van der Waals surface area contributed by atoms with Crippen molar-refractivity contribution in [2.75, 3.05) is 0 Å². The van der Waals surface area contributed by atoms with Gasteiger partial charge in [-0.15, -0.1) is 5.73 Å². The van der Waals surface area contributed by atoms with Gasteiger partial charge in [0.25, 0.3) is 0 Å². The fraction of sp³-hybridized carbons (Fsp3) is 0.593. The maximum atomic E-state index is 10.1. The van der Waals surface area contributed by atoms with E-state index in [4.69, 9.17) is 0 Å². The largest absolute Gasteiger partial charge is 0.393 e. The summed E-state index contributed by atoms with van der Waals surface area (Å²) in [6.45, 7) is 12.2. The average Bonchev–Trinajstić information content (AvgIpc) is 3.00. The second-order valence-corrected chi connectivity index (χ2v) is 10.2. The van der Waals surface area contributed by atoms with Crippen LogP contribution in [0.4, 0.5) is 0 Å². The highest BCUT2D eigenvalue weighted by molar-refractivity contribution is 5.40. The molecule has 0 bridgehead atoms. The first kappa shape index (κ1) is 23.0. The molecule has 0 amide bonds. The molecule has 3 N–H and O–H groups in total. The molecule has 3 aliphatic carbocycles. The first-order valence-corrected chi connectivity index (χ1v) is 11.3. The van der Waals surface area contributed by atoms with Gasteiger partial charge in [-0.3, -0.25) is 0 Å². The van der Waals surface area contributed by atoms with Gasteiger partial charge in [-0.05, 0) is 80.6 Å². The van der Waals surface area contributed by atoms with E-state index in [0.29, 0.717) is 24.7 Å². The topological polar surface area (TPSA) is 60.7 Å². The molecular weight excluding hydrogens is 372 g/mol. The van der Waals surface area contributed by atoms with Crippen LogP contribution in [-0.2, 0) is 0 Å². The molecule has 0 saturated heterocycles. The predicted octanol–water partition coefficient (Wildman–Crippen LogP) is 5.17. The second-order valence-electron chi connectivity index (χ2n) is 10.2. The van der Waals surface area contributed by atoms with Gasteiger partial charge in [-0.25, -0.2) is 0 Å². The van der Waals surface area contributed by atoms with Crippen molar-refractivity contribution in [2.45, 2.75) is 84.0 Å². The summed E-state index contributed by atoms with van der Waals surface area (Å²) in [6, 6.07) is 0. The van der Waals surface area contributed by atoms with Gasteiger partial charge < -0.3 is 15.3 Å². The molecule has 3 nitrogen and oxygen atoms in total. The Hall–Kier alpha value is -1.64. The predicted molar refractivity (Wildman–Crippen MR) is 123 cm³/mol. The zero-order valence-electron chi connectivity index (χ0n) is 19.0. The summed E-state index contributed by atoms with van der Waals surface area (Å²) in [5, 5.41) is 30.0. The molecular formula is C27H38O3. The van der Waals surface area contributed by atoms with E-state index < -0.39 is 17.8 Å².